The van der Waals surface area contributed by atoms with Crippen molar-refractivity contribution in [1.82, 2.24) is 0 Å². The molecule has 0 aliphatic carbocycles. The van der Waals surface area contributed by atoms with Crippen LogP contribution in [0.3, 0.4) is 0 Å². The minimum absolute atomic E-state index is 0.0747. The fraction of sp³-hybridized carbons (Fsp3) is 0.571. The second-order valence-electron chi connectivity index (χ2n) is 4.42. The lowest BCUT2D eigenvalue weighted by molar-refractivity contribution is 0.428. The summed E-state index contributed by atoms with van der Waals surface area (Å²) in [5.41, 5.74) is 14.5. The molecule has 0 aromatic heterocycles. The predicted octanol–water partition coefficient (Wildman–Crippen LogP) is 2.62. The van der Waals surface area contributed by atoms with Crippen LogP contribution in [0.5, 0.6) is 0 Å². The van der Waals surface area contributed by atoms with Crippen molar-refractivity contribution in [2.75, 3.05) is 6.54 Å². The van der Waals surface area contributed by atoms with Crippen LogP contribution in [-0.2, 0) is 6.42 Å². The van der Waals surface area contributed by atoms with Crippen LogP contribution >= 0.6 is 0 Å². The van der Waals surface area contributed by atoms with Gasteiger partial charge in [-0.1, -0.05) is 51.0 Å². The molecule has 0 aliphatic rings. The molecule has 2 unspecified atom stereocenters. The van der Waals surface area contributed by atoms with Crippen molar-refractivity contribution in [3.8, 4) is 0 Å². The summed E-state index contributed by atoms with van der Waals surface area (Å²) in [5, 5.41) is 0. The molecule has 1 aromatic rings. The molecule has 1 rings (SSSR count). The minimum atomic E-state index is 0.0747. The summed E-state index contributed by atoms with van der Waals surface area (Å²) in [4.78, 5) is 0. The Labute approximate surface area is 99.0 Å². The van der Waals surface area contributed by atoms with Gasteiger partial charge in [0.25, 0.3) is 0 Å². The lowest BCUT2D eigenvalue weighted by atomic mass is 9.91. The molecule has 0 saturated carbocycles. The van der Waals surface area contributed by atoms with Crippen molar-refractivity contribution in [2.45, 2.75) is 39.2 Å². The van der Waals surface area contributed by atoms with Gasteiger partial charge in [-0.2, -0.15) is 0 Å². The Kier molecular flexibility index (Phi) is 5.50. The van der Waals surface area contributed by atoms with Crippen molar-refractivity contribution in [3.63, 3.8) is 0 Å². The summed E-state index contributed by atoms with van der Waals surface area (Å²) >= 11 is 0. The fourth-order valence-corrected chi connectivity index (χ4v) is 2.03. The van der Waals surface area contributed by atoms with E-state index in [9.17, 15) is 0 Å². The highest BCUT2D eigenvalue weighted by Crippen LogP contribution is 2.21. The van der Waals surface area contributed by atoms with E-state index in [-0.39, 0.29) is 6.04 Å². The van der Waals surface area contributed by atoms with E-state index in [1.807, 2.05) is 0 Å². The first-order chi connectivity index (χ1) is 7.72. The number of rotatable bonds is 6. The molecule has 90 valence electrons. The zero-order valence-corrected chi connectivity index (χ0v) is 10.4. The number of hydrogen-bond acceptors (Lipinski definition) is 2. The SMILES string of the molecule is CCCc1ccc(C(N)C(CC)CN)cc1. The molecular formula is C14H24N2. The van der Waals surface area contributed by atoms with Gasteiger partial charge in [0.05, 0.1) is 0 Å². The largest absolute Gasteiger partial charge is 0.330 e. The van der Waals surface area contributed by atoms with Crippen LogP contribution in [0.25, 0.3) is 0 Å². The zero-order valence-electron chi connectivity index (χ0n) is 10.4. The first-order valence-corrected chi connectivity index (χ1v) is 6.27. The molecule has 4 N–H and O–H groups in total. The molecule has 0 radical (unpaired) electrons. The Morgan fingerprint density at radius 3 is 2.19 bits per heavy atom. The molecule has 0 aliphatic heterocycles. The Hall–Kier alpha value is -0.860. The highest BCUT2D eigenvalue weighted by Gasteiger charge is 2.15. The van der Waals surface area contributed by atoms with E-state index in [0.717, 1.165) is 12.8 Å². The molecule has 0 spiro atoms. The molecule has 1 aromatic carbocycles. The number of hydrogen-bond donors (Lipinski definition) is 2. The van der Waals surface area contributed by atoms with Gasteiger partial charge in [0.1, 0.15) is 0 Å². The Morgan fingerprint density at radius 1 is 1.12 bits per heavy atom. The van der Waals surface area contributed by atoms with Crippen LogP contribution in [-0.4, -0.2) is 6.54 Å². The normalized spacial score (nSPS) is 14.8. The monoisotopic (exact) mass is 220 g/mol. The first kappa shape index (κ1) is 13.2. The molecule has 0 saturated heterocycles. The zero-order chi connectivity index (χ0) is 12.0. The summed E-state index contributed by atoms with van der Waals surface area (Å²) in [6.07, 6.45) is 3.36. The Balaban J connectivity index is 2.72. The van der Waals surface area contributed by atoms with Crippen LogP contribution in [0.2, 0.25) is 0 Å². The lowest BCUT2D eigenvalue weighted by Gasteiger charge is -2.21. The van der Waals surface area contributed by atoms with E-state index in [1.165, 1.54) is 17.5 Å². The van der Waals surface area contributed by atoms with Gasteiger partial charge in [-0.3, -0.25) is 0 Å². The summed E-state index contributed by atoms with van der Waals surface area (Å²) < 4.78 is 0. The highest BCUT2D eigenvalue weighted by atomic mass is 14.7. The molecule has 0 bridgehead atoms. The van der Waals surface area contributed by atoms with Crippen molar-refractivity contribution in [1.29, 1.82) is 0 Å². The molecule has 16 heavy (non-hydrogen) atoms. The lowest BCUT2D eigenvalue weighted by Crippen LogP contribution is -2.27. The van der Waals surface area contributed by atoms with Crippen LogP contribution in [0.1, 0.15) is 43.9 Å². The molecular weight excluding hydrogens is 196 g/mol. The van der Waals surface area contributed by atoms with Crippen molar-refractivity contribution in [2.24, 2.45) is 17.4 Å². The van der Waals surface area contributed by atoms with Gasteiger partial charge in [-0.15, -0.1) is 0 Å². The average Bonchev–Trinajstić information content (AvgIpc) is 2.32. The second-order valence-corrected chi connectivity index (χ2v) is 4.42. The van der Waals surface area contributed by atoms with Gasteiger partial charge < -0.3 is 11.5 Å². The molecule has 2 atom stereocenters. The summed E-state index contributed by atoms with van der Waals surface area (Å²) in [6.45, 7) is 5.00. The molecule has 2 heteroatoms. The summed E-state index contributed by atoms with van der Waals surface area (Å²) in [7, 11) is 0. The van der Waals surface area contributed by atoms with Gasteiger partial charge in [0, 0.05) is 6.04 Å². The van der Waals surface area contributed by atoms with E-state index in [1.54, 1.807) is 0 Å². The van der Waals surface area contributed by atoms with Crippen molar-refractivity contribution < 1.29 is 0 Å². The molecule has 0 heterocycles. The van der Waals surface area contributed by atoms with Crippen LogP contribution in [0, 0.1) is 5.92 Å². The van der Waals surface area contributed by atoms with Gasteiger partial charge in [-0.25, -0.2) is 0 Å². The second kappa shape index (κ2) is 6.66. The van der Waals surface area contributed by atoms with Crippen molar-refractivity contribution in [3.05, 3.63) is 35.4 Å². The third-order valence-corrected chi connectivity index (χ3v) is 3.24. The van der Waals surface area contributed by atoms with Gasteiger partial charge in [-0.05, 0) is 30.0 Å². The van der Waals surface area contributed by atoms with E-state index in [0.29, 0.717) is 12.5 Å². The molecule has 2 nitrogen and oxygen atoms in total. The standard InChI is InChI=1S/C14H24N2/c1-3-5-11-6-8-13(9-7-11)14(16)12(4-2)10-15/h6-9,12,14H,3-5,10,15-16H2,1-2H3. The smallest absolute Gasteiger partial charge is 0.0335 e. The number of aryl methyl sites for hydroxylation is 1. The summed E-state index contributed by atoms with van der Waals surface area (Å²) in [5.74, 6) is 0.386. The van der Waals surface area contributed by atoms with Gasteiger partial charge >= 0.3 is 0 Å². The van der Waals surface area contributed by atoms with Crippen LogP contribution in [0.15, 0.2) is 24.3 Å². The maximum atomic E-state index is 6.20. The Morgan fingerprint density at radius 2 is 1.75 bits per heavy atom. The molecule has 0 fully saturated rings. The summed E-state index contributed by atoms with van der Waals surface area (Å²) in [6, 6.07) is 8.73. The third-order valence-electron chi connectivity index (χ3n) is 3.24. The van der Waals surface area contributed by atoms with Gasteiger partial charge in [0.2, 0.25) is 0 Å². The quantitative estimate of drug-likeness (QED) is 0.774. The van der Waals surface area contributed by atoms with Crippen LogP contribution in [0.4, 0.5) is 0 Å². The van der Waals surface area contributed by atoms with E-state index in [2.05, 4.69) is 38.1 Å². The molecule has 0 amide bonds. The maximum absolute atomic E-state index is 6.20. The number of benzene rings is 1. The van der Waals surface area contributed by atoms with E-state index in [4.69, 9.17) is 11.5 Å². The maximum Gasteiger partial charge on any atom is 0.0335 e. The van der Waals surface area contributed by atoms with E-state index >= 15 is 0 Å². The van der Waals surface area contributed by atoms with E-state index < -0.39 is 0 Å². The Bertz CT molecular complexity index is 288. The number of nitrogens with two attached hydrogens (primary N) is 2. The average molecular weight is 220 g/mol. The van der Waals surface area contributed by atoms with Gasteiger partial charge in [0.15, 0.2) is 0 Å². The first-order valence-electron chi connectivity index (χ1n) is 6.27. The van der Waals surface area contributed by atoms with Crippen molar-refractivity contribution >= 4 is 0 Å². The predicted molar refractivity (Wildman–Crippen MR) is 70.2 cm³/mol. The minimum Gasteiger partial charge on any atom is -0.330 e. The fourth-order valence-electron chi connectivity index (χ4n) is 2.03. The van der Waals surface area contributed by atoms with Crippen LogP contribution < -0.4 is 11.5 Å². The third kappa shape index (κ3) is 3.32. The topological polar surface area (TPSA) is 52.0 Å². The highest BCUT2D eigenvalue weighted by molar-refractivity contribution is 5.25.